The molecule has 0 aliphatic carbocycles. The Morgan fingerprint density at radius 1 is 0.857 bits per heavy atom. The summed E-state index contributed by atoms with van der Waals surface area (Å²) in [5, 5.41) is 30.6. The van der Waals surface area contributed by atoms with Crippen molar-refractivity contribution in [3.63, 3.8) is 0 Å². The smallest absolute Gasteiger partial charge is 0.119 e. The number of benzene rings is 2. The average Bonchev–Trinajstić information content (AvgIpc) is 2.72. The van der Waals surface area contributed by atoms with E-state index in [4.69, 9.17) is 14.2 Å². The van der Waals surface area contributed by atoms with Crippen LogP contribution in [0.15, 0.2) is 54.6 Å². The molecule has 0 amide bonds. The van der Waals surface area contributed by atoms with E-state index < -0.39 is 18.3 Å². The fourth-order valence-corrected chi connectivity index (χ4v) is 2.85. The van der Waals surface area contributed by atoms with Crippen molar-refractivity contribution in [3.8, 4) is 11.5 Å². The maximum Gasteiger partial charge on any atom is 0.119 e. The summed E-state index contributed by atoms with van der Waals surface area (Å²) in [6.07, 6.45) is -2.48. The molecule has 3 N–H and O–H groups in total. The first kappa shape index (κ1) is 22.2. The van der Waals surface area contributed by atoms with Crippen molar-refractivity contribution in [2.45, 2.75) is 38.3 Å². The summed E-state index contributed by atoms with van der Waals surface area (Å²) in [4.78, 5) is 0. The topological polar surface area (TPSA) is 88.4 Å². The number of methoxy groups -OCH3 is 1. The molecular weight excluding hydrogens is 360 g/mol. The summed E-state index contributed by atoms with van der Waals surface area (Å²) in [6.45, 7) is 2.28. The van der Waals surface area contributed by atoms with Gasteiger partial charge < -0.3 is 29.5 Å². The van der Waals surface area contributed by atoms with Gasteiger partial charge in [0.1, 0.15) is 24.2 Å². The summed E-state index contributed by atoms with van der Waals surface area (Å²) in [6, 6.07) is 16.7. The second-order valence-electron chi connectivity index (χ2n) is 6.91. The van der Waals surface area contributed by atoms with Gasteiger partial charge in [-0.05, 0) is 42.2 Å². The summed E-state index contributed by atoms with van der Waals surface area (Å²) >= 11 is 0. The maximum atomic E-state index is 10.3. The van der Waals surface area contributed by atoms with Crippen LogP contribution in [0.3, 0.4) is 0 Å². The lowest BCUT2D eigenvalue weighted by atomic mass is 9.94. The number of rotatable bonds is 12. The van der Waals surface area contributed by atoms with E-state index in [9.17, 15) is 15.3 Å². The Morgan fingerprint density at radius 3 is 2.14 bits per heavy atom. The van der Waals surface area contributed by atoms with Crippen molar-refractivity contribution < 1.29 is 29.5 Å². The molecule has 0 fully saturated rings. The molecule has 28 heavy (non-hydrogen) atoms. The predicted octanol–water partition coefficient (Wildman–Crippen LogP) is 2.40. The predicted molar refractivity (Wildman–Crippen MR) is 106 cm³/mol. The molecule has 4 atom stereocenters. The number of hydrogen-bond acceptors (Lipinski definition) is 6. The molecule has 0 spiro atoms. The third-order valence-electron chi connectivity index (χ3n) is 4.52. The van der Waals surface area contributed by atoms with Crippen molar-refractivity contribution in [1.29, 1.82) is 0 Å². The van der Waals surface area contributed by atoms with E-state index in [-0.39, 0.29) is 19.1 Å². The molecule has 0 radical (unpaired) electrons. The number of aliphatic hydroxyl groups excluding tert-OH is 3. The molecule has 6 nitrogen and oxygen atoms in total. The van der Waals surface area contributed by atoms with Gasteiger partial charge in [0, 0.05) is 0 Å². The Bertz CT molecular complexity index is 660. The standard InChI is InChI=1S/C22H30O6/c1-16(12-18(23)14-28-20-10-8-19(26-2)9-11-20)22(25)21(24)15-27-13-17-6-4-3-5-7-17/h3-11,16,18,21-25H,12-15H2,1-2H3/t16-,18-,21-,22+/m0/s1. The second-order valence-corrected chi connectivity index (χ2v) is 6.91. The lowest BCUT2D eigenvalue weighted by Gasteiger charge is -2.25. The van der Waals surface area contributed by atoms with Gasteiger partial charge in [0.15, 0.2) is 0 Å². The van der Waals surface area contributed by atoms with Crippen LogP contribution < -0.4 is 9.47 Å². The second kappa shape index (κ2) is 11.7. The summed E-state index contributed by atoms with van der Waals surface area (Å²) in [7, 11) is 1.59. The van der Waals surface area contributed by atoms with Crippen molar-refractivity contribution in [1.82, 2.24) is 0 Å². The quantitative estimate of drug-likeness (QED) is 0.516. The molecule has 0 aliphatic rings. The van der Waals surface area contributed by atoms with Crippen LogP contribution in [0.25, 0.3) is 0 Å². The number of ether oxygens (including phenoxy) is 3. The normalized spacial score (nSPS) is 15.5. The van der Waals surface area contributed by atoms with Gasteiger partial charge in [0.05, 0.1) is 32.5 Å². The lowest BCUT2D eigenvalue weighted by molar-refractivity contribution is -0.0695. The highest BCUT2D eigenvalue weighted by Crippen LogP contribution is 2.19. The van der Waals surface area contributed by atoms with Gasteiger partial charge in [-0.1, -0.05) is 37.3 Å². The molecule has 154 valence electrons. The molecule has 0 heterocycles. The fraction of sp³-hybridized carbons (Fsp3) is 0.455. The summed E-state index contributed by atoms with van der Waals surface area (Å²) in [5.74, 6) is 1.04. The van der Waals surface area contributed by atoms with Gasteiger partial charge in [-0.3, -0.25) is 0 Å². The van der Waals surface area contributed by atoms with E-state index in [0.29, 0.717) is 18.8 Å². The monoisotopic (exact) mass is 390 g/mol. The molecule has 0 saturated heterocycles. The van der Waals surface area contributed by atoms with E-state index in [2.05, 4.69) is 0 Å². The van der Waals surface area contributed by atoms with Crippen molar-refractivity contribution in [2.75, 3.05) is 20.3 Å². The Labute approximate surface area is 166 Å². The summed E-state index contributed by atoms with van der Waals surface area (Å²) in [5.41, 5.74) is 1.00. The van der Waals surface area contributed by atoms with Crippen LogP contribution in [0.5, 0.6) is 11.5 Å². The van der Waals surface area contributed by atoms with Gasteiger partial charge >= 0.3 is 0 Å². The summed E-state index contributed by atoms with van der Waals surface area (Å²) < 4.78 is 16.1. The molecule has 2 aromatic rings. The van der Waals surface area contributed by atoms with Crippen LogP contribution in [0.4, 0.5) is 0 Å². The van der Waals surface area contributed by atoms with Crippen molar-refractivity contribution >= 4 is 0 Å². The van der Waals surface area contributed by atoms with Crippen molar-refractivity contribution in [3.05, 3.63) is 60.2 Å². The highest BCUT2D eigenvalue weighted by molar-refractivity contribution is 5.31. The van der Waals surface area contributed by atoms with E-state index >= 15 is 0 Å². The lowest BCUT2D eigenvalue weighted by Crippen LogP contribution is -2.37. The van der Waals surface area contributed by atoms with Crippen LogP contribution in [0.2, 0.25) is 0 Å². The van der Waals surface area contributed by atoms with Gasteiger partial charge in [0.2, 0.25) is 0 Å². The van der Waals surface area contributed by atoms with Gasteiger partial charge in [-0.2, -0.15) is 0 Å². The molecule has 2 rings (SSSR count). The van der Waals surface area contributed by atoms with Gasteiger partial charge in [-0.25, -0.2) is 0 Å². The highest BCUT2D eigenvalue weighted by Gasteiger charge is 2.25. The first-order chi connectivity index (χ1) is 13.5. The first-order valence-electron chi connectivity index (χ1n) is 9.42. The highest BCUT2D eigenvalue weighted by atomic mass is 16.5. The van der Waals surface area contributed by atoms with E-state index in [0.717, 1.165) is 11.3 Å². The maximum absolute atomic E-state index is 10.3. The van der Waals surface area contributed by atoms with Gasteiger partial charge in [-0.15, -0.1) is 0 Å². The molecule has 0 aliphatic heterocycles. The Hall–Kier alpha value is -2.12. The molecular formula is C22H30O6. The van der Waals surface area contributed by atoms with Crippen LogP contribution in [-0.2, 0) is 11.3 Å². The third-order valence-corrected chi connectivity index (χ3v) is 4.52. The van der Waals surface area contributed by atoms with Crippen LogP contribution in [0.1, 0.15) is 18.9 Å². The minimum atomic E-state index is -1.02. The third kappa shape index (κ3) is 7.48. The van der Waals surface area contributed by atoms with Gasteiger partial charge in [0.25, 0.3) is 0 Å². The largest absolute Gasteiger partial charge is 0.497 e. The van der Waals surface area contributed by atoms with Crippen molar-refractivity contribution in [2.24, 2.45) is 5.92 Å². The molecule has 0 bridgehead atoms. The molecule has 0 aromatic heterocycles. The van der Waals surface area contributed by atoms with E-state index in [1.54, 1.807) is 38.3 Å². The minimum absolute atomic E-state index is 0.0266. The number of aliphatic hydroxyl groups is 3. The molecule has 2 aromatic carbocycles. The Morgan fingerprint density at radius 2 is 1.50 bits per heavy atom. The van der Waals surface area contributed by atoms with E-state index in [1.165, 1.54) is 0 Å². The van der Waals surface area contributed by atoms with E-state index in [1.807, 2.05) is 30.3 Å². The molecule has 0 unspecified atom stereocenters. The minimum Gasteiger partial charge on any atom is -0.497 e. The first-order valence-corrected chi connectivity index (χ1v) is 9.42. The zero-order valence-electron chi connectivity index (χ0n) is 16.4. The number of hydrogen-bond donors (Lipinski definition) is 3. The average molecular weight is 390 g/mol. The molecule has 0 saturated carbocycles. The zero-order chi connectivity index (χ0) is 20.4. The Balaban J connectivity index is 1.68. The Kier molecular flexibility index (Phi) is 9.23. The zero-order valence-corrected chi connectivity index (χ0v) is 16.4. The van der Waals surface area contributed by atoms with Crippen LogP contribution in [0, 0.1) is 5.92 Å². The fourth-order valence-electron chi connectivity index (χ4n) is 2.85. The molecule has 6 heteroatoms. The SMILES string of the molecule is COc1ccc(OC[C@@H](O)C[C@H](C)[C@@H](O)[C@@H](O)COCc2ccccc2)cc1. The van der Waals surface area contributed by atoms with Crippen LogP contribution >= 0.6 is 0 Å². The van der Waals surface area contributed by atoms with Crippen LogP contribution in [-0.4, -0.2) is 54.0 Å².